The zero-order chi connectivity index (χ0) is 15.2. The summed E-state index contributed by atoms with van der Waals surface area (Å²) in [5, 5.41) is 5.63. The Hall–Kier alpha value is -1.88. The molecule has 5 heteroatoms. The van der Waals surface area contributed by atoms with E-state index < -0.39 is 0 Å². The van der Waals surface area contributed by atoms with E-state index in [9.17, 15) is 9.59 Å². The van der Waals surface area contributed by atoms with Gasteiger partial charge in [0.2, 0.25) is 11.8 Å². The smallest absolute Gasteiger partial charge is 0.221 e. The van der Waals surface area contributed by atoms with Crippen LogP contribution < -0.4 is 16.4 Å². The number of nitrogens with one attached hydrogen (secondary N) is 2. The second kappa shape index (κ2) is 7.22. The zero-order valence-electron chi connectivity index (χ0n) is 12.4. The third-order valence-electron chi connectivity index (χ3n) is 3.93. The number of carbonyl (C=O) groups is 2. The molecular formula is C16H23N3O2. The van der Waals surface area contributed by atoms with Crippen LogP contribution in [0.15, 0.2) is 24.3 Å². The van der Waals surface area contributed by atoms with Crippen molar-refractivity contribution in [3.05, 3.63) is 29.8 Å². The van der Waals surface area contributed by atoms with Crippen LogP contribution in [-0.2, 0) is 16.1 Å². The first-order valence-electron chi connectivity index (χ1n) is 7.43. The van der Waals surface area contributed by atoms with Crippen molar-refractivity contribution in [2.75, 3.05) is 5.32 Å². The van der Waals surface area contributed by atoms with E-state index in [1.165, 1.54) is 6.92 Å². The van der Waals surface area contributed by atoms with Crippen LogP contribution in [0.3, 0.4) is 0 Å². The number of hydrogen-bond acceptors (Lipinski definition) is 3. The van der Waals surface area contributed by atoms with Crippen LogP contribution in [0.25, 0.3) is 0 Å². The highest BCUT2D eigenvalue weighted by molar-refractivity contribution is 5.88. The minimum absolute atomic E-state index is 0.0586. The Labute approximate surface area is 125 Å². The molecule has 114 valence electrons. The Morgan fingerprint density at radius 3 is 2.52 bits per heavy atom. The largest absolute Gasteiger partial charge is 0.352 e. The van der Waals surface area contributed by atoms with E-state index in [0.717, 1.165) is 30.5 Å². The van der Waals surface area contributed by atoms with Crippen LogP contribution in [0.5, 0.6) is 0 Å². The lowest BCUT2D eigenvalue weighted by Crippen LogP contribution is -2.31. The maximum atomic E-state index is 11.9. The lowest BCUT2D eigenvalue weighted by Gasteiger charge is -2.14. The molecule has 1 aromatic carbocycles. The molecule has 0 radical (unpaired) electrons. The van der Waals surface area contributed by atoms with Crippen molar-refractivity contribution in [1.82, 2.24) is 5.32 Å². The predicted molar refractivity (Wildman–Crippen MR) is 82.5 cm³/mol. The van der Waals surface area contributed by atoms with E-state index >= 15 is 0 Å². The summed E-state index contributed by atoms with van der Waals surface area (Å²) in [6, 6.07) is 7.62. The highest BCUT2D eigenvalue weighted by Gasteiger charge is 2.25. The molecule has 0 bridgehead atoms. The molecule has 1 aliphatic carbocycles. The van der Waals surface area contributed by atoms with Crippen molar-refractivity contribution in [3.8, 4) is 0 Å². The summed E-state index contributed by atoms with van der Waals surface area (Å²) in [4.78, 5) is 22.8. The quantitative estimate of drug-likeness (QED) is 0.772. The second-order valence-electron chi connectivity index (χ2n) is 5.71. The maximum absolute atomic E-state index is 11.9. The molecule has 4 N–H and O–H groups in total. The fourth-order valence-corrected chi connectivity index (χ4v) is 2.74. The van der Waals surface area contributed by atoms with Crippen molar-refractivity contribution in [2.45, 2.75) is 45.2 Å². The molecule has 0 heterocycles. The van der Waals surface area contributed by atoms with Crippen LogP contribution in [0.1, 0.15) is 38.2 Å². The van der Waals surface area contributed by atoms with Gasteiger partial charge in [-0.25, -0.2) is 0 Å². The minimum Gasteiger partial charge on any atom is -0.352 e. The summed E-state index contributed by atoms with van der Waals surface area (Å²) in [6.45, 7) is 1.98. The van der Waals surface area contributed by atoms with E-state index in [1.807, 2.05) is 24.3 Å². The summed E-state index contributed by atoms with van der Waals surface area (Å²) in [5.41, 5.74) is 7.74. The van der Waals surface area contributed by atoms with Crippen LogP contribution in [0.2, 0.25) is 0 Å². The predicted octanol–water partition coefficient (Wildman–Crippen LogP) is 1.78. The molecule has 2 atom stereocenters. The lowest BCUT2D eigenvalue weighted by atomic mass is 10.00. The third-order valence-corrected chi connectivity index (χ3v) is 3.93. The molecule has 0 spiro atoms. The van der Waals surface area contributed by atoms with Gasteiger partial charge in [-0.05, 0) is 36.5 Å². The van der Waals surface area contributed by atoms with E-state index in [1.54, 1.807) is 0 Å². The van der Waals surface area contributed by atoms with Crippen LogP contribution in [0, 0.1) is 5.92 Å². The molecule has 1 saturated carbocycles. The van der Waals surface area contributed by atoms with E-state index in [4.69, 9.17) is 5.73 Å². The number of amides is 2. The first-order chi connectivity index (χ1) is 10.0. The molecule has 2 rings (SSSR count). The maximum Gasteiger partial charge on any atom is 0.221 e. The second-order valence-corrected chi connectivity index (χ2v) is 5.71. The molecule has 2 amide bonds. The van der Waals surface area contributed by atoms with Crippen LogP contribution in [-0.4, -0.2) is 17.9 Å². The number of rotatable bonds is 5. The van der Waals surface area contributed by atoms with Crippen molar-refractivity contribution in [2.24, 2.45) is 11.7 Å². The summed E-state index contributed by atoms with van der Waals surface area (Å²) < 4.78 is 0. The number of carbonyl (C=O) groups excluding carboxylic acids is 2. The monoisotopic (exact) mass is 289 g/mol. The Morgan fingerprint density at radius 2 is 1.95 bits per heavy atom. The molecule has 0 aliphatic heterocycles. The number of nitrogens with two attached hydrogens (primary N) is 1. The van der Waals surface area contributed by atoms with Gasteiger partial charge in [0.05, 0.1) is 0 Å². The van der Waals surface area contributed by atoms with E-state index in [-0.39, 0.29) is 17.9 Å². The first kappa shape index (κ1) is 15.5. The third kappa shape index (κ3) is 4.86. The van der Waals surface area contributed by atoms with Gasteiger partial charge in [-0.3, -0.25) is 9.59 Å². The van der Waals surface area contributed by atoms with Crippen molar-refractivity contribution >= 4 is 17.5 Å². The van der Waals surface area contributed by atoms with Crippen molar-refractivity contribution in [1.29, 1.82) is 0 Å². The van der Waals surface area contributed by atoms with Crippen LogP contribution >= 0.6 is 0 Å². The molecule has 0 aromatic heterocycles. The fraction of sp³-hybridized carbons (Fsp3) is 0.500. The van der Waals surface area contributed by atoms with Gasteiger partial charge in [0, 0.05) is 31.6 Å². The summed E-state index contributed by atoms with van der Waals surface area (Å²) in [5.74, 6) is 0.291. The highest BCUT2D eigenvalue weighted by atomic mass is 16.2. The Morgan fingerprint density at radius 1 is 1.24 bits per heavy atom. The van der Waals surface area contributed by atoms with Gasteiger partial charge in [0.1, 0.15) is 0 Å². The molecular weight excluding hydrogens is 266 g/mol. The van der Waals surface area contributed by atoms with E-state index in [0.29, 0.717) is 18.9 Å². The van der Waals surface area contributed by atoms with Gasteiger partial charge in [0.15, 0.2) is 0 Å². The normalized spacial score (nSPS) is 21.0. The molecule has 1 aromatic rings. The molecule has 0 saturated heterocycles. The number of hydrogen-bond donors (Lipinski definition) is 3. The van der Waals surface area contributed by atoms with Gasteiger partial charge >= 0.3 is 0 Å². The average molecular weight is 289 g/mol. The van der Waals surface area contributed by atoms with Gasteiger partial charge in [-0.15, -0.1) is 0 Å². The summed E-state index contributed by atoms with van der Waals surface area (Å²) in [6.07, 6.45) is 3.73. The molecule has 21 heavy (non-hydrogen) atoms. The van der Waals surface area contributed by atoms with Crippen LogP contribution in [0.4, 0.5) is 5.69 Å². The SMILES string of the molecule is CC(=O)Nc1ccc(CNC(=O)C[C@@H]2CCC[C@H]2N)cc1. The standard InChI is InChI=1S/C16H23N3O2/c1-11(20)19-14-7-5-12(6-8-14)10-18-16(21)9-13-3-2-4-15(13)17/h5-8,13,15H,2-4,9-10,17H2,1H3,(H,18,21)(H,19,20)/t13-,15+/m0/s1. The van der Waals surface area contributed by atoms with E-state index in [2.05, 4.69) is 10.6 Å². The summed E-state index contributed by atoms with van der Waals surface area (Å²) in [7, 11) is 0. The molecule has 1 fully saturated rings. The topological polar surface area (TPSA) is 84.2 Å². The molecule has 5 nitrogen and oxygen atoms in total. The Bertz CT molecular complexity index is 499. The first-order valence-corrected chi connectivity index (χ1v) is 7.43. The Balaban J connectivity index is 1.77. The minimum atomic E-state index is -0.0936. The fourth-order valence-electron chi connectivity index (χ4n) is 2.74. The summed E-state index contributed by atoms with van der Waals surface area (Å²) >= 11 is 0. The number of anilines is 1. The van der Waals surface area contributed by atoms with Gasteiger partial charge in [0.25, 0.3) is 0 Å². The number of benzene rings is 1. The average Bonchev–Trinajstić information content (AvgIpc) is 2.83. The van der Waals surface area contributed by atoms with Crippen molar-refractivity contribution in [3.63, 3.8) is 0 Å². The van der Waals surface area contributed by atoms with Gasteiger partial charge < -0.3 is 16.4 Å². The lowest BCUT2D eigenvalue weighted by molar-refractivity contribution is -0.122. The van der Waals surface area contributed by atoms with Gasteiger partial charge in [-0.2, -0.15) is 0 Å². The zero-order valence-corrected chi connectivity index (χ0v) is 12.4. The Kier molecular flexibility index (Phi) is 5.33. The molecule has 1 aliphatic rings. The highest BCUT2D eigenvalue weighted by Crippen LogP contribution is 2.26. The van der Waals surface area contributed by atoms with Crippen molar-refractivity contribution < 1.29 is 9.59 Å². The molecule has 0 unspecified atom stereocenters. The van der Waals surface area contributed by atoms with Gasteiger partial charge in [-0.1, -0.05) is 18.6 Å².